The Bertz CT molecular complexity index is 733. The van der Waals surface area contributed by atoms with Crippen molar-refractivity contribution in [2.45, 2.75) is 24.3 Å². The molecule has 1 aromatic rings. The number of carbonyl (C=O) groups is 2. The van der Waals surface area contributed by atoms with E-state index in [1.54, 1.807) is 12.1 Å². The smallest absolute Gasteiger partial charge is 0.328 e. The zero-order valence-corrected chi connectivity index (χ0v) is 15.2. The Kier molecular flexibility index (Phi) is 6.95. The summed E-state index contributed by atoms with van der Waals surface area (Å²) >= 11 is 0. The third kappa shape index (κ3) is 5.16. The average Bonchev–Trinajstić information content (AvgIpc) is 2.62. The molecule has 2 rings (SSSR count). The molecule has 9 nitrogen and oxygen atoms in total. The first-order valence-corrected chi connectivity index (χ1v) is 9.66. The summed E-state index contributed by atoms with van der Waals surface area (Å²) in [5.74, 6) is -1.02. The Balaban J connectivity index is 1.91. The number of morpholine rings is 1. The molecule has 1 atom stereocenters. The average molecular weight is 386 g/mol. The summed E-state index contributed by atoms with van der Waals surface area (Å²) in [6, 6.07) is 4.89. The molecule has 1 amide bonds. The van der Waals surface area contributed by atoms with Crippen LogP contribution in [0.2, 0.25) is 0 Å². The summed E-state index contributed by atoms with van der Waals surface area (Å²) in [5.41, 5.74) is 0. The highest BCUT2D eigenvalue weighted by Gasteiger charge is 2.32. The third-order valence-electron chi connectivity index (χ3n) is 3.81. The fourth-order valence-corrected chi connectivity index (χ4v) is 3.54. The fourth-order valence-electron chi connectivity index (χ4n) is 2.51. The van der Waals surface area contributed by atoms with Gasteiger partial charge in [-0.2, -0.15) is 0 Å². The SMILES string of the molecule is CCOc1ccc(S(=O)(=O)NCCC(=O)N2CCOCC2C(=O)O)cc1. The zero-order chi connectivity index (χ0) is 19.2. The van der Waals surface area contributed by atoms with Crippen LogP contribution < -0.4 is 9.46 Å². The highest BCUT2D eigenvalue weighted by atomic mass is 32.2. The van der Waals surface area contributed by atoms with E-state index < -0.39 is 27.9 Å². The third-order valence-corrected chi connectivity index (χ3v) is 5.29. The van der Waals surface area contributed by atoms with Crippen molar-refractivity contribution in [3.05, 3.63) is 24.3 Å². The molecule has 144 valence electrons. The van der Waals surface area contributed by atoms with Crippen LogP contribution in [0.5, 0.6) is 5.75 Å². The molecule has 0 saturated carbocycles. The van der Waals surface area contributed by atoms with Gasteiger partial charge in [0.25, 0.3) is 0 Å². The summed E-state index contributed by atoms with van der Waals surface area (Å²) in [6.45, 7) is 2.53. The number of carboxylic acid groups (broad SMARTS) is 1. The summed E-state index contributed by atoms with van der Waals surface area (Å²) in [7, 11) is -3.77. The number of aliphatic carboxylic acids is 1. The van der Waals surface area contributed by atoms with E-state index in [9.17, 15) is 18.0 Å². The zero-order valence-electron chi connectivity index (χ0n) is 14.4. The number of sulfonamides is 1. The number of amides is 1. The predicted octanol–water partition coefficient (Wildman–Crippen LogP) is 0.0657. The molecule has 1 saturated heterocycles. The van der Waals surface area contributed by atoms with Gasteiger partial charge < -0.3 is 19.5 Å². The van der Waals surface area contributed by atoms with Crippen molar-refractivity contribution in [1.82, 2.24) is 9.62 Å². The van der Waals surface area contributed by atoms with Gasteiger partial charge in [-0.1, -0.05) is 0 Å². The number of hydrogen-bond acceptors (Lipinski definition) is 6. The molecule has 1 fully saturated rings. The Morgan fingerprint density at radius 1 is 1.35 bits per heavy atom. The van der Waals surface area contributed by atoms with Crippen LogP contribution in [0.3, 0.4) is 0 Å². The van der Waals surface area contributed by atoms with Gasteiger partial charge in [0.05, 0.1) is 24.7 Å². The van der Waals surface area contributed by atoms with Crippen molar-refractivity contribution >= 4 is 21.9 Å². The van der Waals surface area contributed by atoms with E-state index in [-0.39, 0.29) is 37.6 Å². The highest BCUT2D eigenvalue weighted by Crippen LogP contribution is 2.16. The van der Waals surface area contributed by atoms with E-state index >= 15 is 0 Å². The van der Waals surface area contributed by atoms with Crippen molar-refractivity contribution in [2.75, 3.05) is 32.9 Å². The lowest BCUT2D eigenvalue weighted by Crippen LogP contribution is -2.53. The highest BCUT2D eigenvalue weighted by molar-refractivity contribution is 7.89. The molecule has 0 aliphatic carbocycles. The Morgan fingerprint density at radius 3 is 2.65 bits per heavy atom. The number of nitrogens with zero attached hydrogens (tertiary/aromatic N) is 1. The van der Waals surface area contributed by atoms with Gasteiger partial charge in [0.2, 0.25) is 15.9 Å². The van der Waals surface area contributed by atoms with Gasteiger partial charge in [-0.05, 0) is 31.2 Å². The number of nitrogens with one attached hydrogen (secondary N) is 1. The molecule has 0 aromatic heterocycles. The van der Waals surface area contributed by atoms with E-state index in [1.807, 2.05) is 6.92 Å². The van der Waals surface area contributed by atoms with Gasteiger partial charge in [0.1, 0.15) is 5.75 Å². The van der Waals surface area contributed by atoms with Gasteiger partial charge in [0, 0.05) is 19.5 Å². The normalized spacial score (nSPS) is 17.7. The second kappa shape index (κ2) is 8.97. The summed E-state index contributed by atoms with van der Waals surface area (Å²) in [5, 5.41) is 9.13. The number of carboxylic acids is 1. The summed E-state index contributed by atoms with van der Waals surface area (Å²) < 4.78 is 37.2. The van der Waals surface area contributed by atoms with Gasteiger partial charge in [0.15, 0.2) is 6.04 Å². The van der Waals surface area contributed by atoms with Crippen molar-refractivity contribution in [3.8, 4) is 5.75 Å². The maximum atomic E-state index is 12.2. The molecule has 2 N–H and O–H groups in total. The molecule has 0 radical (unpaired) electrons. The molecule has 1 aliphatic rings. The number of rotatable bonds is 8. The van der Waals surface area contributed by atoms with Crippen molar-refractivity contribution in [1.29, 1.82) is 0 Å². The van der Waals surface area contributed by atoms with E-state index in [1.165, 1.54) is 17.0 Å². The molecule has 0 bridgehead atoms. The second-order valence-corrected chi connectivity index (χ2v) is 7.34. The van der Waals surface area contributed by atoms with Gasteiger partial charge in [-0.25, -0.2) is 17.9 Å². The lowest BCUT2D eigenvalue weighted by Gasteiger charge is -2.32. The maximum absolute atomic E-state index is 12.2. The summed E-state index contributed by atoms with van der Waals surface area (Å²) in [4.78, 5) is 24.6. The number of benzene rings is 1. The van der Waals surface area contributed by atoms with Crippen LogP contribution >= 0.6 is 0 Å². The quantitative estimate of drug-likeness (QED) is 0.648. The standard InChI is InChI=1S/C16H22N2O7S/c1-2-25-12-3-5-13(6-4-12)26(22,23)17-8-7-15(19)18-9-10-24-11-14(18)16(20)21/h3-6,14,17H,2,7-11H2,1H3,(H,20,21). The Labute approximate surface area is 151 Å². The number of carbonyl (C=O) groups excluding carboxylic acids is 1. The minimum Gasteiger partial charge on any atom is -0.494 e. The minimum atomic E-state index is -3.77. The van der Waals surface area contributed by atoms with Crippen LogP contribution in [0.25, 0.3) is 0 Å². The maximum Gasteiger partial charge on any atom is 0.328 e. The van der Waals surface area contributed by atoms with Crippen LogP contribution in [0, 0.1) is 0 Å². The molecular formula is C16H22N2O7S. The molecular weight excluding hydrogens is 364 g/mol. The van der Waals surface area contributed by atoms with Gasteiger partial charge in [-0.3, -0.25) is 4.79 Å². The van der Waals surface area contributed by atoms with Crippen LogP contribution in [0.1, 0.15) is 13.3 Å². The van der Waals surface area contributed by atoms with E-state index in [0.717, 1.165) is 0 Å². The second-order valence-electron chi connectivity index (χ2n) is 5.57. The van der Waals surface area contributed by atoms with E-state index in [4.69, 9.17) is 14.6 Å². The van der Waals surface area contributed by atoms with Crippen LogP contribution in [-0.2, 0) is 24.3 Å². The van der Waals surface area contributed by atoms with E-state index in [0.29, 0.717) is 12.4 Å². The first-order valence-electron chi connectivity index (χ1n) is 8.17. The number of ether oxygens (including phenoxy) is 2. The topological polar surface area (TPSA) is 122 Å². The van der Waals surface area contributed by atoms with Crippen molar-refractivity contribution < 1.29 is 32.6 Å². The summed E-state index contributed by atoms with van der Waals surface area (Å²) in [6.07, 6.45) is -0.139. The fraction of sp³-hybridized carbons (Fsp3) is 0.500. The molecule has 1 heterocycles. The van der Waals surface area contributed by atoms with E-state index in [2.05, 4.69) is 4.72 Å². The number of hydrogen-bond donors (Lipinski definition) is 2. The first kappa shape index (κ1) is 20.1. The predicted molar refractivity (Wildman–Crippen MR) is 91.4 cm³/mol. The Morgan fingerprint density at radius 2 is 2.04 bits per heavy atom. The molecule has 1 unspecified atom stereocenters. The molecule has 1 aliphatic heterocycles. The lowest BCUT2D eigenvalue weighted by atomic mass is 10.2. The van der Waals surface area contributed by atoms with Crippen LogP contribution in [0.15, 0.2) is 29.2 Å². The van der Waals surface area contributed by atoms with Crippen LogP contribution in [-0.4, -0.2) is 69.3 Å². The molecule has 1 aromatic carbocycles. The van der Waals surface area contributed by atoms with Crippen molar-refractivity contribution in [2.24, 2.45) is 0 Å². The van der Waals surface area contributed by atoms with Crippen LogP contribution in [0.4, 0.5) is 0 Å². The molecule has 26 heavy (non-hydrogen) atoms. The largest absolute Gasteiger partial charge is 0.494 e. The monoisotopic (exact) mass is 386 g/mol. The van der Waals surface area contributed by atoms with Crippen molar-refractivity contribution in [3.63, 3.8) is 0 Å². The molecule has 0 spiro atoms. The van der Waals surface area contributed by atoms with Gasteiger partial charge >= 0.3 is 5.97 Å². The lowest BCUT2D eigenvalue weighted by molar-refractivity contribution is -0.158. The minimum absolute atomic E-state index is 0.0585. The Hall–Kier alpha value is -2.17. The molecule has 10 heteroatoms. The van der Waals surface area contributed by atoms with Gasteiger partial charge in [-0.15, -0.1) is 0 Å². The first-order chi connectivity index (χ1) is 12.3.